The Morgan fingerprint density at radius 1 is 0.857 bits per heavy atom. The normalized spacial score (nSPS) is 1.43. The zero-order valence-electron chi connectivity index (χ0n) is 3.36. The van der Waals surface area contributed by atoms with Crippen LogP contribution in [0.5, 0.6) is 0 Å². The van der Waals surface area contributed by atoms with Crippen molar-refractivity contribution in [3.63, 3.8) is 0 Å². The van der Waals surface area contributed by atoms with Crippen molar-refractivity contribution in [2.45, 2.75) is 0 Å². The van der Waals surface area contributed by atoms with Crippen LogP contribution in [0.1, 0.15) is 0 Å². The first-order valence-electron chi connectivity index (χ1n) is 0.697. The molecule has 34 valence electrons. The average molecular weight is 188 g/mol. The third-order valence-electron chi connectivity index (χ3n) is 0.0500. The summed E-state index contributed by atoms with van der Waals surface area (Å²) in [6.45, 7) is 0. The van der Waals surface area contributed by atoms with Gasteiger partial charge >= 0.3 is 19.5 Å². The molecule has 0 aliphatic rings. The van der Waals surface area contributed by atoms with Gasteiger partial charge in [0, 0.05) is 0 Å². The predicted molar refractivity (Wildman–Crippen MR) is 11.2 cm³/mol. The van der Waals surface area contributed by atoms with E-state index in [2.05, 4.69) is 0 Å². The second-order valence-electron chi connectivity index (χ2n) is 0.224. The Bertz CT molecular complexity index is 68.7. The van der Waals surface area contributed by atoms with E-state index in [9.17, 15) is 0 Å². The molecule has 0 heterocycles. The Labute approximate surface area is 67.1 Å². The van der Waals surface area contributed by atoms with Crippen molar-refractivity contribution in [2.24, 2.45) is 0 Å². The van der Waals surface area contributed by atoms with Crippen LogP contribution in [-0.4, -0.2) is 0 Å². The molecular weight excluding hydrogens is 188 g/mol. The molecule has 0 aromatic carbocycles. The smallest absolute Gasteiger partial charge is 1.00 e. The Balaban J connectivity index is -0.0000000150. The first-order valence-corrected chi connectivity index (χ1v) is 0.697. The third-order valence-corrected chi connectivity index (χ3v) is 0.0500. The maximum atomic E-state index is 7.26. The molecule has 0 aromatic rings. The maximum absolute atomic E-state index is 7.26. The number of rotatable bonds is 0. The summed E-state index contributed by atoms with van der Waals surface area (Å²) in [5.74, 6) is 0. The van der Waals surface area contributed by atoms with E-state index in [1.54, 1.807) is 0 Å². The van der Waals surface area contributed by atoms with Gasteiger partial charge in [0.15, 0.2) is 12.1 Å². The first kappa shape index (κ1) is 27.1. The van der Waals surface area contributed by atoms with Gasteiger partial charge in [-0.2, -0.15) is 10.5 Å². The van der Waals surface area contributed by atoms with Crippen LogP contribution in [0.3, 0.4) is 0 Å². The topological polar surface area (TPSA) is 47.6 Å². The van der Waals surface area contributed by atoms with Gasteiger partial charge in [-0.05, 0) is 0 Å². The third kappa shape index (κ3) is 77.3. The summed E-state index contributed by atoms with van der Waals surface area (Å²) in [5.41, 5.74) is 0. The summed E-state index contributed by atoms with van der Waals surface area (Å²) in [7, 11) is 0. The van der Waals surface area contributed by atoms with Crippen molar-refractivity contribution in [3.05, 3.63) is 0 Å². The molecular formula is C2Cl2N2Zn. The Kier molecular flexibility index (Phi) is 135. The standard InChI is InChI=1S/C2N2.2ClH.Zn/c3-1-2-4;;;/h;2*1H;/q;;;+2/p-2. The molecule has 2 nitrogen and oxygen atoms in total. The molecule has 0 aliphatic carbocycles. The minimum absolute atomic E-state index is 0. The van der Waals surface area contributed by atoms with Crippen LogP contribution in [0.25, 0.3) is 0 Å². The summed E-state index contributed by atoms with van der Waals surface area (Å²) in [6.07, 6.45) is 0. The van der Waals surface area contributed by atoms with Gasteiger partial charge in [0.05, 0.1) is 0 Å². The fraction of sp³-hybridized carbons (Fsp3) is 0. The van der Waals surface area contributed by atoms with Gasteiger partial charge in [-0.15, -0.1) is 0 Å². The zero-order chi connectivity index (χ0) is 3.41. The Morgan fingerprint density at radius 2 is 1.00 bits per heavy atom. The second-order valence-corrected chi connectivity index (χ2v) is 0.224. The minimum Gasteiger partial charge on any atom is -1.00 e. The number of nitrogens with zero attached hydrogens (tertiary/aromatic N) is 2. The number of nitriles is 2. The fourth-order valence-corrected chi connectivity index (χ4v) is 0. The molecule has 7 heavy (non-hydrogen) atoms. The van der Waals surface area contributed by atoms with Gasteiger partial charge in [-0.25, -0.2) is 0 Å². The van der Waals surface area contributed by atoms with Crippen LogP contribution >= 0.6 is 0 Å². The van der Waals surface area contributed by atoms with Crippen LogP contribution in [0.4, 0.5) is 0 Å². The summed E-state index contributed by atoms with van der Waals surface area (Å²) < 4.78 is 0. The van der Waals surface area contributed by atoms with E-state index in [0.29, 0.717) is 0 Å². The largest absolute Gasteiger partial charge is 2.00 e. The monoisotopic (exact) mass is 186 g/mol. The van der Waals surface area contributed by atoms with E-state index in [1.807, 2.05) is 0 Å². The van der Waals surface area contributed by atoms with Crippen molar-refractivity contribution in [3.8, 4) is 12.1 Å². The predicted octanol–water partition coefficient (Wildman–Crippen LogP) is -5.96. The van der Waals surface area contributed by atoms with Gasteiger partial charge in [0.1, 0.15) is 0 Å². The van der Waals surface area contributed by atoms with Gasteiger partial charge in [-0.1, -0.05) is 0 Å². The van der Waals surface area contributed by atoms with Crippen molar-refractivity contribution in [1.82, 2.24) is 0 Å². The Morgan fingerprint density at radius 3 is 1.00 bits per heavy atom. The fourth-order valence-electron chi connectivity index (χ4n) is 0. The van der Waals surface area contributed by atoms with E-state index >= 15 is 0 Å². The van der Waals surface area contributed by atoms with Crippen molar-refractivity contribution in [1.29, 1.82) is 10.5 Å². The first-order chi connectivity index (χ1) is 1.91. The SMILES string of the molecule is N#CC#N.[Cl-].[Cl-].[Zn+2]. The Hall–Kier alpha value is 0.183. The van der Waals surface area contributed by atoms with Crippen molar-refractivity contribution >= 4 is 0 Å². The van der Waals surface area contributed by atoms with Gasteiger partial charge in [-0.3, -0.25) is 0 Å². The minimum atomic E-state index is 0. The number of hydrogen-bond acceptors (Lipinski definition) is 2. The molecule has 0 aliphatic heterocycles. The van der Waals surface area contributed by atoms with E-state index < -0.39 is 0 Å². The molecule has 0 saturated heterocycles. The van der Waals surface area contributed by atoms with E-state index in [4.69, 9.17) is 10.5 Å². The number of hydrogen-bond donors (Lipinski definition) is 0. The van der Waals surface area contributed by atoms with Crippen LogP contribution < -0.4 is 24.8 Å². The molecule has 0 radical (unpaired) electrons. The van der Waals surface area contributed by atoms with Gasteiger partial charge < -0.3 is 24.8 Å². The summed E-state index contributed by atoms with van der Waals surface area (Å²) >= 11 is 0. The van der Waals surface area contributed by atoms with Gasteiger partial charge in [0.2, 0.25) is 0 Å². The molecule has 0 unspecified atom stereocenters. The molecule has 0 amide bonds. The van der Waals surface area contributed by atoms with Crippen LogP contribution in [0.2, 0.25) is 0 Å². The zero-order valence-corrected chi connectivity index (χ0v) is 7.84. The van der Waals surface area contributed by atoms with Gasteiger partial charge in [0.25, 0.3) is 0 Å². The van der Waals surface area contributed by atoms with Crippen LogP contribution in [0, 0.1) is 22.7 Å². The van der Waals surface area contributed by atoms with Crippen LogP contribution in [-0.2, 0) is 19.5 Å². The number of halogens is 2. The molecule has 0 bridgehead atoms. The van der Waals surface area contributed by atoms with Crippen molar-refractivity contribution in [2.75, 3.05) is 0 Å². The summed E-state index contributed by atoms with van der Waals surface area (Å²) in [6, 6.07) is 2.47. The average Bonchev–Trinajstić information content (AvgIpc) is 1.37. The maximum Gasteiger partial charge on any atom is 2.00 e. The van der Waals surface area contributed by atoms with E-state index in [1.165, 1.54) is 12.1 Å². The summed E-state index contributed by atoms with van der Waals surface area (Å²) in [4.78, 5) is 0. The van der Waals surface area contributed by atoms with E-state index in [0.717, 1.165) is 0 Å². The molecule has 0 rings (SSSR count). The molecule has 0 atom stereocenters. The summed E-state index contributed by atoms with van der Waals surface area (Å²) in [5, 5.41) is 14.5. The molecule has 0 N–H and O–H groups in total. The molecule has 0 spiro atoms. The second kappa shape index (κ2) is 34.8. The molecule has 0 fully saturated rings. The van der Waals surface area contributed by atoms with Crippen LogP contribution in [0.15, 0.2) is 0 Å². The molecule has 0 aromatic heterocycles. The quantitative estimate of drug-likeness (QED) is 0.355. The molecule has 5 heteroatoms. The molecule has 0 saturated carbocycles. The van der Waals surface area contributed by atoms with Crippen molar-refractivity contribution < 1.29 is 44.3 Å². The van der Waals surface area contributed by atoms with E-state index in [-0.39, 0.29) is 44.3 Å².